The number of nitrogens with zero attached hydrogens (tertiary/aromatic N) is 2. The Bertz CT molecular complexity index is 783. The van der Waals surface area contributed by atoms with Gasteiger partial charge in [-0.3, -0.25) is 9.79 Å². The average Bonchev–Trinajstić information content (AvgIpc) is 2.94. The summed E-state index contributed by atoms with van der Waals surface area (Å²) in [5.41, 5.74) is 2.46. The lowest BCUT2D eigenvalue weighted by molar-refractivity contribution is -0.121. The molecule has 1 aliphatic rings. The number of aliphatic imine (C=N–C) groups is 1. The maximum Gasteiger partial charge on any atom is 0.222 e. The fraction of sp³-hybridized carbons (Fsp3) is 0.579. The SMILES string of the molecule is CCNC(=NCCC(=O)NC1CCS(=O)(=O)C1)N(C)Cc1ccccc1C.I. The number of hydrogen-bond donors (Lipinski definition) is 2. The van der Waals surface area contributed by atoms with Crippen LogP contribution in [0.15, 0.2) is 29.3 Å². The first kappa shape index (κ1) is 24.7. The second kappa shape index (κ2) is 11.6. The molecular weight excluding hydrogens is 491 g/mol. The molecule has 7 nitrogen and oxygen atoms in total. The molecule has 1 aromatic carbocycles. The molecule has 1 aliphatic heterocycles. The summed E-state index contributed by atoms with van der Waals surface area (Å²) in [6.07, 6.45) is 0.739. The number of carbonyl (C=O) groups excluding carboxylic acids is 1. The van der Waals surface area contributed by atoms with Crippen LogP contribution in [-0.4, -0.2) is 62.9 Å². The molecular formula is C19H31IN4O3S. The fourth-order valence-electron chi connectivity index (χ4n) is 3.06. The molecule has 1 aromatic rings. The van der Waals surface area contributed by atoms with Crippen molar-refractivity contribution in [3.05, 3.63) is 35.4 Å². The van der Waals surface area contributed by atoms with Crippen molar-refractivity contribution in [1.29, 1.82) is 0 Å². The van der Waals surface area contributed by atoms with Crippen LogP contribution in [0, 0.1) is 6.92 Å². The van der Waals surface area contributed by atoms with Gasteiger partial charge in [0.15, 0.2) is 15.8 Å². The van der Waals surface area contributed by atoms with E-state index in [9.17, 15) is 13.2 Å². The van der Waals surface area contributed by atoms with Gasteiger partial charge in [0.25, 0.3) is 0 Å². The lowest BCUT2D eigenvalue weighted by atomic mass is 10.1. The van der Waals surface area contributed by atoms with Crippen molar-refractivity contribution in [2.45, 2.75) is 39.3 Å². The molecule has 1 fully saturated rings. The van der Waals surface area contributed by atoms with Crippen molar-refractivity contribution in [3.8, 4) is 0 Å². The fourth-order valence-corrected chi connectivity index (χ4v) is 4.73. The van der Waals surface area contributed by atoms with Crippen molar-refractivity contribution >= 4 is 45.7 Å². The lowest BCUT2D eigenvalue weighted by Gasteiger charge is -2.23. The molecule has 9 heteroatoms. The highest BCUT2D eigenvalue weighted by Crippen LogP contribution is 2.11. The summed E-state index contributed by atoms with van der Waals surface area (Å²) >= 11 is 0. The molecule has 28 heavy (non-hydrogen) atoms. The summed E-state index contributed by atoms with van der Waals surface area (Å²) < 4.78 is 22.9. The number of halogens is 1. The Morgan fingerprint density at radius 1 is 1.32 bits per heavy atom. The topological polar surface area (TPSA) is 90.9 Å². The van der Waals surface area contributed by atoms with Gasteiger partial charge in [-0.25, -0.2) is 8.42 Å². The third-order valence-corrected chi connectivity index (χ3v) is 6.33. The zero-order valence-corrected chi connectivity index (χ0v) is 19.9. The molecule has 1 atom stereocenters. The molecule has 0 saturated carbocycles. The van der Waals surface area contributed by atoms with E-state index in [0.717, 1.165) is 19.0 Å². The van der Waals surface area contributed by atoms with Gasteiger partial charge in [-0.15, -0.1) is 24.0 Å². The van der Waals surface area contributed by atoms with Crippen LogP contribution in [0.25, 0.3) is 0 Å². The molecule has 158 valence electrons. The van der Waals surface area contributed by atoms with Gasteiger partial charge in [-0.1, -0.05) is 24.3 Å². The maximum atomic E-state index is 12.0. The second-order valence-corrected chi connectivity index (χ2v) is 9.16. The van der Waals surface area contributed by atoms with E-state index < -0.39 is 9.84 Å². The number of hydrogen-bond acceptors (Lipinski definition) is 4. The van der Waals surface area contributed by atoms with Gasteiger partial charge in [0.05, 0.1) is 18.1 Å². The van der Waals surface area contributed by atoms with Gasteiger partial charge in [-0.2, -0.15) is 0 Å². The third kappa shape index (κ3) is 7.94. The Morgan fingerprint density at radius 3 is 2.64 bits per heavy atom. The Hall–Kier alpha value is -1.36. The first-order valence-electron chi connectivity index (χ1n) is 9.34. The Kier molecular flexibility index (Phi) is 10.2. The summed E-state index contributed by atoms with van der Waals surface area (Å²) in [7, 11) is -1.02. The summed E-state index contributed by atoms with van der Waals surface area (Å²) in [6.45, 7) is 5.91. The normalized spacial score (nSPS) is 18.2. The molecule has 1 heterocycles. The largest absolute Gasteiger partial charge is 0.357 e. The molecule has 0 aliphatic carbocycles. The zero-order chi connectivity index (χ0) is 19.9. The van der Waals surface area contributed by atoms with E-state index in [1.807, 2.05) is 31.0 Å². The van der Waals surface area contributed by atoms with Gasteiger partial charge >= 0.3 is 0 Å². The van der Waals surface area contributed by atoms with E-state index in [2.05, 4.69) is 34.7 Å². The highest BCUT2D eigenvalue weighted by Gasteiger charge is 2.28. The number of carbonyl (C=O) groups is 1. The average molecular weight is 522 g/mol. The molecule has 1 unspecified atom stereocenters. The van der Waals surface area contributed by atoms with Gasteiger partial charge in [-0.05, 0) is 31.4 Å². The predicted octanol–water partition coefficient (Wildman–Crippen LogP) is 1.70. The number of amides is 1. The van der Waals surface area contributed by atoms with Crippen molar-refractivity contribution in [2.24, 2.45) is 4.99 Å². The third-order valence-electron chi connectivity index (χ3n) is 4.56. The number of aryl methyl sites for hydroxylation is 1. The van der Waals surface area contributed by atoms with Gasteiger partial charge < -0.3 is 15.5 Å². The minimum absolute atomic E-state index is 0. The van der Waals surface area contributed by atoms with Crippen molar-refractivity contribution in [3.63, 3.8) is 0 Å². The van der Waals surface area contributed by atoms with E-state index in [1.54, 1.807) is 0 Å². The van der Waals surface area contributed by atoms with Crippen LogP contribution in [0.5, 0.6) is 0 Å². The molecule has 0 spiro atoms. The standard InChI is InChI=1S/C19H30N4O3S.HI/c1-4-20-19(23(3)13-16-8-6-5-7-15(16)2)21-11-9-18(24)22-17-10-12-27(25,26)14-17;/h5-8,17H,4,9-14H2,1-3H3,(H,20,21)(H,22,24);1H. The van der Waals surface area contributed by atoms with Crippen molar-refractivity contribution in [2.75, 3.05) is 31.6 Å². The highest BCUT2D eigenvalue weighted by molar-refractivity contribution is 14.0. The summed E-state index contributed by atoms with van der Waals surface area (Å²) in [5, 5.41) is 6.04. The summed E-state index contributed by atoms with van der Waals surface area (Å²) in [5.74, 6) is 0.795. The smallest absolute Gasteiger partial charge is 0.222 e. The quantitative estimate of drug-likeness (QED) is 0.323. The molecule has 1 amide bonds. The molecule has 1 saturated heterocycles. The van der Waals surface area contributed by atoms with Crippen LogP contribution < -0.4 is 10.6 Å². The highest BCUT2D eigenvalue weighted by atomic mass is 127. The molecule has 0 aromatic heterocycles. The number of guanidine groups is 1. The monoisotopic (exact) mass is 522 g/mol. The number of rotatable bonds is 7. The number of nitrogens with one attached hydrogen (secondary N) is 2. The van der Waals surface area contributed by atoms with E-state index in [-0.39, 0.29) is 53.9 Å². The van der Waals surface area contributed by atoms with Crippen LogP contribution in [0.1, 0.15) is 30.9 Å². The maximum absolute atomic E-state index is 12.0. The Balaban J connectivity index is 0.00000392. The summed E-state index contributed by atoms with van der Waals surface area (Å²) in [6, 6.07) is 7.96. The Labute approximate surface area is 185 Å². The zero-order valence-electron chi connectivity index (χ0n) is 16.8. The first-order chi connectivity index (χ1) is 12.8. The summed E-state index contributed by atoms with van der Waals surface area (Å²) in [4.78, 5) is 18.6. The lowest BCUT2D eigenvalue weighted by Crippen LogP contribution is -2.39. The van der Waals surface area contributed by atoms with Gasteiger partial charge in [0.2, 0.25) is 5.91 Å². The molecule has 2 rings (SSSR count). The molecule has 0 radical (unpaired) electrons. The molecule has 0 bridgehead atoms. The van der Waals surface area contributed by atoms with E-state index in [0.29, 0.717) is 13.0 Å². The Morgan fingerprint density at radius 2 is 2.04 bits per heavy atom. The molecule has 2 N–H and O–H groups in total. The minimum Gasteiger partial charge on any atom is -0.357 e. The van der Waals surface area contributed by atoms with E-state index in [1.165, 1.54) is 11.1 Å². The second-order valence-electron chi connectivity index (χ2n) is 6.94. The van der Waals surface area contributed by atoms with Gasteiger partial charge in [0.1, 0.15) is 0 Å². The predicted molar refractivity (Wildman–Crippen MR) is 124 cm³/mol. The van der Waals surface area contributed by atoms with Crippen LogP contribution in [-0.2, 0) is 21.2 Å². The van der Waals surface area contributed by atoms with Crippen LogP contribution in [0.4, 0.5) is 0 Å². The minimum atomic E-state index is -2.99. The van der Waals surface area contributed by atoms with E-state index >= 15 is 0 Å². The number of benzene rings is 1. The first-order valence-corrected chi connectivity index (χ1v) is 11.2. The van der Waals surface area contributed by atoms with Crippen molar-refractivity contribution in [1.82, 2.24) is 15.5 Å². The van der Waals surface area contributed by atoms with Crippen LogP contribution in [0.3, 0.4) is 0 Å². The van der Waals surface area contributed by atoms with Gasteiger partial charge in [0, 0.05) is 32.6 Å². The van der Waals surface area contributed by atoms with E-state index in [4.69, 9.17) is 0 Å². The van der Waals surface area contributed by atoms with Crippen LogP contribution >= 0.6 is 24.0 Å². The van der Waals surface area contributed by atoms with Crippen LogP contribution in [0.2, 0.25) is 0 Å². The number of sulfone groups is 1. The van der Waals surface area contributed by atoms with Crippen molar-refractivity contribution < 1.29 is 13.2 Å².